The van der Waals surface area contributed by atoms with Crippen LogP contribution < -0.4 is 0 Å². The molecule has 6 heteroatoms. The molecule has 0 amide bonds. The van der Waals surface area contributed by atoms with Gasteiger partial charge in [0.05, 0.1) is 24.6 Å². The lowest BCUT2D eigenvalue weighted by Gasteiger charge is -2.45. The zero-order valence-corrected chi connectivity index (χ0v) is 16.1. The Morgan fingerprint density at radius 1 is 1.18 bits per heavy atom. The second kappa shape index (κ2) is 6.66. The van der Waals surface area contributed by atoms with Crippen molar-refractivity contribution in [2.45, 2.75) is 63.7 Å². The molecule has 0 spiro atoms. The maximum absolute atomic E-state index is 12.8. The van der Waals surface area contributed by atoms with Crippen molar-refractivity contribution in [3.8, 4) is 0 Å². The molecule has 2 aliphatic carbocycles. The van der Waals surface area contributed by atoms with Crippen LogP contribution >= 0.6 is 0 Å². The molecule has 0 unspecified atom stereocenters. The molecule has 1 aromatic rings. The zero-order valence-electron chi connectivity index (χ0n) is 16.1. The van der Waals surface area contributed by atoms with Gasteiger partial charge in [-0.2, -0.15) is 0 Å². The average molecular weight is 386 g/mol. The van der Waals surface area contributed by atoms with Crippen molar-refractivity contribution in [2.24, 2.45) is 17.8 Å². The lowest BCUT2D eigenvalue weighted by Crippen LogP contribution is -2.52. The first kappa shape index (κ1) is 18.3. The van der Waals surface area contributed by atoms with Crippen molar-refractivity contribution in [1.29, 1.82) is 0 Å². The number of hydrogen-bond acceptors (Lipinski definition) is 6. The van der Waals surface area contributed by atoms with Crippen LogP contribution in [0.5, 0.6) is 0 Å². The Balaban J connectivity index is 1.42. The normalized spacial score (nSPS) is 41.1. The van der Waals surface area contributed by atoms with Gasteiger partial charge in [-0.25, -0.2) is 0 Å². The van der Waals surface area contributed by atoms with Crippen LogP contribution in [0.15, 0.2) is 42.2 Å². The van der Waals surface area contributed by atoms with E-state index in [1.807, 2.05) is 44.2 Å². The van der Waals surface area contributed by atoms with Crippen molar-refractivity contribution in [3.05, 3.63) is 47.7 Å². The fourth-order valence-corrected chi connectivity index (χ4v) is 5.35. The minimum atomic E-state index is -0.733. The Bertz CT molecular complexity index is 787. The summed E-state index contributed by atoms with van der Waals surface area (Å²) in [4.78, 5) is 12.8. The first-order valence-corrected chi connectivity index (χ1v) is 10.0. The van der Waals surface area contributed by atoms with Gasteiger partial charge in [0.1, 0.15) is 6.10 Å². The van der Waals surface area contributed by atoms with E-state index in [2.05, 4.69) is 0 Å². The Hall–Kier alpha value is -1.73. The largest absolute Gasteiger partial charge is 0.512 e. The van der Waals surface area contributed by atoms with E-state index in [1.165, 1.54) is 6.08 Å². The van der Waals surface area contributed by atoms with Gasteiger partial charge in [-0.15, -0.1) is 0 Å². The molecule has 1 saturated carbocycles. The number of ether oxygens (including phenoxy) is 4. The fraction of sp³-hybridized carbons (Fsp3) is 0.591. The predicted octanol–water partition coefficient (Wildman–Crippen LogP) is 3.12. The Kier molecular flexibility index (Phi) is 4.36. The smallest absolute Gasteiger partial charge is 0.187 e. The molecule has 5 rings (SSSR count). The van der Waals surface area contributed by atoms with Crippen LogP contribution in [-0.4, -0.2) is 41.3 Å². The summed E-state index contributed by atoms with van der Waals surface area (Å²) >= 11 is 0. The number of carbonyl (C=O) groups excluding carboxylic acids is 1. The van der Waals surface area contributed by atoms with Gasteiger partial charge in [-0.05, 0) is 31.7 Å². The van der Waals surface area contributed by atoms with Crippen molar-refractivity contribution in [3.63, 3.8) is 0 Å². The molecule has 150 valence electrons. The topological polar surface area (TPSA) is 74.2 Å². The van der Waals surface area contributed by atoms with Gasteiger partial charge in [-0.3, -0.25) is 4.79 Å². The lowest BCUT2D eigenvalue weighted by atomic mass is 9.63. The molecule has 6 nitrogen and oxygen atoms in total. The summed E-state index contributed by atoms with van der Waals surface area (Å²) in [6.45, 7) is 4.21. The summed E-state index contributed by atoms with van der Waals surface area (Å²) in [5.74, 6) is -0.959. The molecule has 7 atom stereocenters. The third-order valence-corrected chi connectivity index (χ3v) is 6.38. The number of fused-ring (bicyclic) bond motifs is 5. The molecule has 0 bridgehead atoms. The average Bonchev–Trinajstić information content (AvgIpc) is 3.12. The van der Waals surface area contributed by atoms with E-state index >= 15 is 0 Å². The molecule has 3 fully saturated rings. The monoisotopic (exact) mass is 386 g/mol. The van der Waals surface area contributed by atoms with Gasteiger partial charge in [0.2, 0.25) is 0 Å². The van der Waals surface area contributed by atoms with Crippen molar-refractivity contribution in [2.75, 3.05) is 0 Å². The summed E-state index contributed by atoms with van der Waals surface area (Å²) in [7, 11) is 0. The maximum Gasteiger partial charge on any atom is 0.187 e. The van der Waals surface area contributed by atoms with Crippen molar-refractivity contribution in [1.82, 2.24) is 0 Å². The molecule has 28 heavy (non-hydrogen) atoms. The van der Waals surface area contributed by atoms with Gasteiger partial charge in [0.15, 0.2) is 17.9 Å². The van der Waals surface area contributed by atoms with Crippen molar-refractivity contribution < 1.29 is 28.8 Å². The van der Waals surface area contributed by atoms with E-state index in [0.717, 1.165) is 5.56 Å². The molecule has 0 radical (unpaired) electrons. The zero-order chi connectivity index (χ0) is 19.5. The highest BCUT2D eigenvalue weighted by molar-refractivity contribution is 5.93. The minimum absolute atomic E-state index is 0.0224. The lowest BCUT2D eigenvalue weighted by molar-refractivity contribution is -0.235. The van der Waals surface area contributed by atoms with Gasteiger partial charge in [-0.1, -0.05) is 30.3 Å². The van der Waals surface area contributed by atoms with E-state index in [9.17, 15) is 9.90 Å². The Morgan fingerprint density at radius 3 is 2.75 bits per heavy atom. The highest BCUT2D eigenvalue weighted by atomic mass is 16.8. The van der Waals surface area contributed by atoms with E-state index in [4.69, 9.17) is 18.9 Å². The van der Waals surface area contributed by atoms with E-state index < -0.39 is 12.1 Å². The molecule has 4 aliphatic rings. The number of carbonyl (C=O) groups is 1. The number of hydrogen-bond donors (Lipinski definition) is 1. The summed E-state index contributed by atoms with van der Waals surface area (Å²) in [5, 5.41) is 10.0. The second-order valence-corrected chi connectivity index (χ2v) is 8.75. The van der Waals surface area contributed by atoms with Gasteiger partial charge in [0, 0.05) is 24.3 Å². The maximum atomic E-state index is 12.8. The third-order valence-electron chi connectivity index (χ3n) is 6.38. The first-order chi connectivity index (χ1) is 13.4. The Labute approximate surface area is 164 Å². The van der Waals surface area contributed by atoms with E-state index in [0.29, 0.717) is 19.4 Å². The van der Waals surface area contributed by atoms with Crippen LogP contribution in [0.25, 0.3) is 0 Å². The molecule has 0 aromatic heterocycles. The Morgan fingerprint density at radius 2 is 1.96 bits per heavy atom. The van der Waals surface area contributed by atoms with Crippen LogP contribution in [0.3, 0.4) is 0 Å². The second-order valence-electron chi connectivity index (χ2n) is 8.75. The number of aliphatic hydroxyl groups is 1. The summed E-state index contributed by atoms with van der Waals surface area (Å²) in [5.41, 5.74) is 1.09. The number of allylic oxidation sites excluding steroid dienone is 2. The summed E-state index contributed by atoms with van der Waals surface area (Å²) in [6, 6.07) is 10.0. The fourth-order valence-electron chi connectivity index (χ4n) is 5.35. The highest BCUT2D eigenvalue weighted by Crippen LogP contribution is 2.53. The van der Waals surface area contributed by atoms with Crippen LogP contribution in [0.2, 0.25) is 0 Å². The van der Waals surface area contributed by atoms with E-state index in [1.54, 1.807) is 0 Å². The third kappa shape index (κ3) is 3.08. The van der Waals surface area contributed by atoms with Crippen LogP contribution in [0.4, 0.5) is 0 Å². The first-order valence-electron chi connectivity index (χ1n) is 10.0. The molecule has 2 aliphatic heterocycles. The number of benzene rings is 1. The summed E-state index contributed by atoms with van der Waals surface area (Å²) in [6.07, 6.45) is 1.32. The number of aliphatic hydroxyl groups excluding tert-OH is 1. The van der Waals surface area contributed by atoms with Gasteiger partial charge < -0.3 is 24.1 Å². The predicted molar refractivity (Wildman–Crippen MR) is 99.1 cm³/mol. The quantitative estimate of drug-likeness (QED) is 0.860. The molecular formula is C22H26O6. The van der Waals surface area contributed by atoms with Crippen LogP contribution in [0.1, 0.15) is 32.3 Å². The van der Waals surface area contributed by atoms with Gasteiger partial charge in [0.25, 0.3) is 0 Å². The molecule has 1 aromatic carbocycles. The summed E-state index contributed by atoms with van der Waals surface area (Å²) < 4.78 is 24.6. The standard InChI is InChI=1S/C22H26O6/c1-22(2)27-20-18-17-13(8-14(23)10-15(17)24)9-16(19(18)26-21(20)28-22)25-11-12-6-4-3-5-7-12/h3-7,10,13,16-21,23H,8-9,11H2,1-2H3/t13-,16-,17+,18+,19+,20+,21+/m0/s1. The molecular weight excluding hydrogens is 360 g/mol. The highest BCUT2D eigenvalue weighted by Gasteiger charge is 2.63. The number of ketones is 1. The van der Waals surface area contributed by atoms with Crippen LogP contribution in [0, 0.1) is 17.8 Å². The number of rotatable bonds is 3. The van der Waals surface area contributed by atoms with E-state index in [-0.39, 0.29) is 47.6 Å². The van der Waals surface area contributed by atoms with Crippen LogP contribution in [-0.2, 0) is 30.3 Å². The molecule has 2 saturated heterocycles. The van der Waals surface area contributed by atoms with Crippen molar-refractivity contribution >= 4 is 5.78 Å². The minimum Gasteiger partial charge on any atom is -0.512 e. The SMILES string of the molecule is CC1(C)O[C@H]2O[C@H]3[C@H]([C@H]2O1)[C@H]1C(=O)C=C(O)C[C@H]1C[C@@H]3OCc1ccccc1. The molecule has 1 N–H and O–H groups in total. The molecule has 2 heterocycles. The van der Waals surface area contributed by atoms with Gasteiger partial charge >= 0.3 is 0 Å².